The van der Waals surface area contributed by atoms with Crippen molar-refractivity contribution in [2.45, 2.75) is 12.8 Å². The second-order valence-corrected chi connectivity index (χ2v) is 3.41. The molecule has 0 aromatic heterocycles. The lowest BCUT2D eigenvalue weighted by molar-refractivity contribution is 0.385. The lowest BCUT2D eigenvalue weighted by Crippen LogP contribution is -2.31. The van der Waals surface area contributed by atoms with Gasteiger partial charge in [0.1, 0.15) is 5.75 Å². The van der Waals surface area contributed by atoms with Gasteiger partial charge in [0, 0.05) is 13.1 Å². The molecule has 1 saturated heterocycles. The number of likely N-dealkylation sites (tertiary alicyclic amines) is 1. The first-order chi connectivity index (χ1) is 6.86. The Morgan fingerprint density at radius 1 is 1.14 bits per heavy atom. The van der Waals surface area contributed by atoms with Gasteiger partial charge in [0.15, 0.2) is 0 Å². The molecule has 1 fully saturated rings. The van der Waals surface area contributed by atoms with Crippen molar-refractivity contribution in [2.24, 2.45) is 0 Å². The Labute approximate surface area is 83.8 Å². The molecular formula is C11H14N2O. The maximum absolute atomic E-state index is 7.73. The Bertz CT molecular complexity index is 304. The van der Waals surface area contributed by atoms with Crippen LogP contribution in [-0.4, -0.2) is 24.0 Å². The van der Waals surface area contributed by atoms with E-state index >= 15 is 0 Å². The topological polar surface area (TPSA) is 36.3 Å². The van der Waals surface area contributed by atoms with Crippen LogP contribution < -0.4 is 4.74 Å². The highest BCUT2D eigenvalue weighted by Crippen LogP contribution is 2.13. The van der Waals surface area contributed by atoms with Gasteiger partial charge in [0.05, 0.1) is 0 Å². The summed E-state index contributed by atoms with van der Waals surface area (Å²) in [6.45, 7) is 1.90. The van der Waals surface area contributed by atoms with E-state index in [1.54, 1.807) is 0 Å². The summed E-state index contributed by atoms with van der Waals surface area (Å²) in [6, 6.07) is 9.76. The summed E-state index contributed by atoms with van der Waals surface area (Å²) < 4.78 is 5.41. The zero-order chi connectivity index (χ0) is 9.80. The molecule has 1 heterocycles. The van der Waals surface area contributed by atoms with Gasteiger partial charge in [-0.25, -0.2) is 0 Å². The minimum atomic E-state index is 0.272. The predicted octanol–water partition coefficient (Wildman–Crippen LogP) is 2.10. The van der Waals surface area contributed by atoms with Crippen molar-refractivity contribution in [1.82, 2.24) is 4.90 Å². The number of hydrogen-bond acceptors (Lipinski definition) is 2. The summed E-state index contributed by atoms with van der Waals surface area (Å²) in [4.78, 5) is 1.97. The monoisotopic (exact) mass is 190 g/mol. The SMILES string of the molecule is N=C(Oc1ccccc1)N1CCCC1. The Hall–Kier alpha value is -1.51. The lowest BCUT2D eigenvalue weighted by atomic mass is 10.3. The predicted molar refractivity (Wildman–Crippen MR) is 55.6 cm³/mol. The number of amidine groups is 1. The van der Waals surface area contributed by atoms with Gasteiger partial charge in [-0.2, -0.15) is 0 Å². The summed E-state index contributed by atoms with van der Waals surface area (Å²) in [5.74, 6) is 0.740. The van der Waals surface area contributed by atoms with Crippen molar-refractivity contribution in [3.05, 3.63) is 30.3 Å². The lowest BCUT2D eigenvalue weighted by Gasteiger charge is -2.17. The van der Waals surface area contributed by atoms with Crippen molar-refractivity contribution in [1.29, 1.82) is 5.41 Å². The summed E-state index contributed by atoms with van der Waals surface area (Å²) in [5.41, 5.74) is 0. The standard InChI is InChI=1S/C11H14N2O/c12-11(13-8-4-5-9-13)14-10-6-2-1-3-7-10/h1-3,6-7,12H,4-5,8-9H2. The van der Waals surface area contributed by atoms with Crippen LogP contribution in [0.4, 0.5) is 0 Å². The maximum atomic E-state index is 7.73. The van der Waals surface area contributed by atoms with E-state index in [9.17, 15) is 0 Å². The number of para-hydroxylation sites is 1. The third-order valence-corrected chi connectivity index (χ3v) is 2.35. The van der Waals surface area contributed by atoms with Crippen molar-refractivity contribution in [2.75, 3.05) is 13.1 Å². The average molecular weight is 190 g/mol. The second kappa shape index (κ2) is 4.13. The normalized spacial score (nSPS) is 15.6. The van der Waals surface area contributed by atoms with Gasteiger partial charge >= 0.3 is 0 Å². The van der Waals surface area contributed by atoms with E-state index in [4.69, 9.17) is 10.1 Å². The van der Waals surface area contributed by atoms with E-state index in [0.29, 0.717) is 0 Å². The van der Waals surface area contributed by atoms with Gasteiger partial charge in [-0.15, -0.1) is 0 Å². The van der Waals surface area contributed by atoms with Gasteiger partial charge in [-0.1, -0.05) is 18.2 Å². The molecule has 14 heavy (non-hydrogen) atoms. The molecule has 1 aromatic rings. The summed E-state index contributed by atoms with van der Waals surface area (Å²) in [6.07, 6.45) is 2.33. The van der Waals surface area contributed by atoms with Crippen LogP contribution in [0, 0.1) is 5.41 Å². The molecule has 0 bridgehead atoms. The number of hydrogen-bond donors (Lipinski definition) is 1. The van der Waals surface area contributed by atoms with E-state index in [2.05, 4.69) is 0 Å². The molecule has 3 nitrogen and oxygen atoms in total. The molecule has 74 valence electrons. The molecule has 0 spiro atoms. The first-order valence-electron chi connectivity index (χ1n) is 4.92. The van der Waals surface area contributed by atoms with Crippen LogP contribution >= 0.6 is 0 Å². The molecule has 1 N–H and O–H groups in total. The van der Waals surface area contributed by atoms with E-state index < -0.39 is 0 Å². The van der Waals surface area contributed by atoms with Crippen LogP contribution in [0.25, 0.3) is 0 Å². The number of rotatable bonds is 1. The Morgan fingerprint density at radius 2 is 1.79 bits per heavy atom. The molecule has 3 heteroatoms. The highest BCUT2D eigenvalue weighted by Gasteiger charge is 2.16. The van der Waals surface area contributed by atoms with Crippen LogP contribution in [0.15, 0.2) is 30.3 Å². The zero-order valence-corrected chi connectivity index (χ0v) is 8.07. The number of nitrogens with one attached hydrogen (secondary N) is 1. The number of ether oxygens (including phenoxy) is 1. The first kappa shape index (κ1) is 9.06. The first-order valence-corrected chi connectivity index (χ1v) is 4.92. The second-order valence-electron chi connectivity index (χ2n) is 3.41. The highest BCUT2D eigenvalue weighted by atomic mass is 16.5. The fourth-order valence-electron chi connectivity index (χ4n) is 1.58. The molecular weight excluding hydrogens is 176 g/mol. The van der Waals surface area contributed by atoms with Gasteiger partial charge in [0.25, 0.3) is 6.02 Å². The molecule has 0 radical (unpaired) electrons. The fraction of sp³-hybridized carbons (Fsp3) is 0.364. The van der Waals surface area contributed by atoms with Crippen LogP contribution in [-0.2, 0) is 0 Å². The minimum Gasteiger partial charge on any atom is -0.426 e. The van der Waals surface area contributed by atoms with Gasteiger partial charge in [-0.05, 0) is 25.0 Å². The van der Waals surface area contributed by atoms with Crippen LogP contribution in [0.3, 0.4) is 0 Å². The molecule has 0 amide bonds. The van der Waals surface area contributed by atoms with Crippen molar-refractivity contribution in [3.8, 4) is 5.75 Å². The van der Waals surface area contributed by atoms with E-state index in [0.717, 1.165) is 18.8 Å². The highest BCUT2D eigenvalue weighted by molar-refractivity contribution is 5.73. The van der Waals surface area contributed by atoms with Crippen molar-refractivity contribution >= 4 is 6.02 Å². The maximum Gasteiger partial charge on any atom is 0.289 e. The molecule has 0 unspecified atom stereocenters. The molecule has 2 rings (SSSR count). The van der Waals surface area contributed by atoms with Gasteiger partial charge in [0.2, 0.25) is 0 Å². The molecule has 0 atom stereocenters. The van der Waals surface area contributed by atoms with Crippen LogP contribution in [0.2, 0.25) is 0 Å². The summed E-state index contributed by atoms with van der Waals surface area (Å²) >= 11 is 0. The fourth-order valence-corrected chi connectivity index (χ4v) is 1.58. The van der Waals surface area contributed by atoms with Crippen molar-refractivity contribution < 1.29 is 4.74 Å². The molecule has 1 aliphatic heterocycles. The van der Waals surface area contributed by atoms with E-state index in [-0.39, 0.29) is 6.02 Å². The third-order valence-electron chi connectivity index (χ3n) is 2.35. The number of nitrogens with zero attached hydrogens (tertiary/aromatic N) is 1. The quantitative estimate of drug-likeness (QED) is 0.543. The zero-order valence-electron chi connectivity index (χ0n) is 8.07. The smallest absolute Gasteiger partial charge is 0.289 e. The van der Waals surface area contributed by atoms with Crippen LogP contribution in [0.5, 0.6) is 5.75 Å². The van der Waals surface area contributed by atoms with Crippen LogP contribution in [0.1, 0.15) is 12.8 Å². The van der Waals surface area contributed by atoms with Gasteiger partial charge < -0.3 is 9.64 Å². The van der Waals surface area contributed by atoms with Crippen molar-refractivity contribution in [3.63, 3.8) is 0 Å². The Morgan fingerprint density at radius 3 is 2.43 bits per heavy atom. The van der Waals surface area contributed by atoms with E-state index in [1.807, 2.05) is 35.2 Å². The third kappa shape index (κ3) is 2.05. The average Bonchev–Trinajstić information content (AvgIpc) is 2.72. The van der Waals surface area contributed by atoms with E-state index in [1.165, 1.54) is 12.8 Å². The number of benzene rings is 1. The molecule has 0 aliphatic carbocycles. The van der Waals surface area contributed by atoms with Gasteiger partial charge in [-0.3, -0.25) is 5.41 Å². The Kier molecular flexibility index (Phi) is 2.68. The molecule has 1 aliphatic rings. The Balaban J connectivity index is 1.94. The summed E-state index contributed by atoms with van der Waals surface area (Å²) in [5, 5.41) is 7.73. The minimum absolute atomic E-state index is 0.272. The summed E-state index contributed by atoms with van der Waals surface area (Å²) in [7, 11) is 0. The molecule has 0 saturated carbocycles. The molecule has 1 aromatic carbocycles. The largest absolute Gasteiger partial charge is 0.426 e.